The second-order valence-electron chi connectivity index (χ2n) is 8.68. The van der Waals surface area contributed by atoms with Crippen LogP contribution in [0.2, 0.25) is 13.3 Å². The minimum atomic E-state index is -5.10. The summed E-state index contributed by atoms with van der Waals surface area (Å²) < 4.78 is 124. The van der Waals surface area contributed by atoms with E-state index in [-0.39, 0.29) is 6.61 Å². The van der Waals surface area contributed by atoms with Gasteiger partial charge in [0.1, 0.15) is 0 Å². The van der Waals surface area contributed by atoms with E-state index in [2.05, 4.69) is 6.92 Å². The van der Waals surface area contributed by atoms with Crippen LogP contribution in [0.25, 0.3) is 0 Å². The predicted molar refractivity (Wildman–Crippen MR) is 116 cm³/mol. The molecule has 0 heterocycles. The molecule has 0 bridgehead atoms. The molecule has 0 spiro atoms. The van der Waals surface area contributed by atoms with E-state index < -0.39 is 89.2 Å². The third-order valence-corrected chi connectivity index (χ3v) is 17.8. The van der Waals surface area contributed by atoms with Crippen LogP contribution in [0.1, 0.15) is 58.3 Å². The normalized spacial score (nSPS) is 19.5. The van der Waals surface area contributed by atoms with Crippen molar-refractivity contribution in [2.75, 3.05) is 26.6 Å². The molecule has 0 amide bonds. The molecule has 0 aliphatic carbocycles. The Morgan fingerprint density at radius 3 is 1.18 bits per heavy atom. The van der Waals surface area contributed by atoms with Crippen LogP contribution in [-0.4, -0.2) is 82.5 Å². The van der Waals surface area contributed by atoms with E-state index in [1.165, 1.54) is 0 Å². The topological polar surface area (TPSA) is 9.23 Å². The molecule has 0 saturated heterocycles. The molecule has 0 fully saturated rings. The Balaban J connectivity index is 5.31. The van der Waals surface area contributed by atoms with Gasteiger partial charge in [0.2, 0.25) is 0 Å². The Labute approximate surface area is 196 Å². The molecule has 200 valence electrons. The van der Waals surface area contributed by atoms with Gasteiger partial charge in [0.25, 0.3) is 0 Å². The second kappa shape index (κ2) is 19.3. The summed E-state index contributed by atoms with van der Waals surface area (Å²) >= 11 is -5.10. The molecule has 0 aromatic carbocycles. The second-order valence-corrected chi connectivity index (χ2v) is 19.7. The third-order valence-electron chi connectivity index (χ3n) is 5.73. The SMILES string of the molecule is CCCCCCCCCC[O][Sn]([CH2]C(F)C(F)CF)([CH2]C(F)C(F)CF)[CH2]C(F)C(F)CF. The van der Waals surface area contributed by atoms with Crippen LogP contribution in [-0.2, 0) is 3.07 Å². The van der Waals surface area contributed by atoms with Gasteiger partial charge in [-0.15, -0.1) is 0 Å². The van der Waals surface area contributed by atoms with E-state index in [4.69, 9.17) is 3.07 Å². The van der Waals surface area contributed by atoms with Crippen LogP contribution in [0.4, 0.5) is 39.5 Å². The summed E-state index contributed by atoms with van der Waals surface area (Å²) in [4.78, 5) is 0. The summed E-state index contributed by atoms with van der Waals surface area (Å²) in [5.41, 5.74) is 0. The average molecular weight is 609 g/mol. The summed E-state index contributed by atoms with van der Waals surface area (Å²) in [5.74, 6) is 0. The van der Waals surface area contributed by atoms with E-state index >= 15 is 0 Å². The summed E-state index contributed by atoms with van der Waals surface area (Å²) in [7, 11) is 0. The van der Waals surface area contributed by atoms with Crippen molar-refractivity contribution < 1.29 is 42.6 Å². The minimum absolute atomic E-state index is 0.0943. The zero-order valence-electron chi connectivity index (χ0n) is 19.4. The van der Waals surface area contributed by atoms with Crippen molar-refractivity contribution in [3.05, 3.63) is 0 Å². The van der Waals surface area contributed by atoms with Crippen molar-refractivity contribution in [2.24, 2.45) is 0 Å². The molecular formula is C22H39F9OSn. The first-order valence-corrected chi connectivity index (χ1v) is 19.0. The first kappa shape index (κ1) is 33.1. The number of unbranched alkanes of at least 4 members (excludes halogenated alkanes) is 7. The van der Waals surface area contributed by atoms with Crippen molar-refractivity contribution in [1.82, 2.24) is 0 Å². The van der Waals surface area contributed by atoms with E-state index in [0.717, 1.165) is 38.5 Å². The van der Waals surface area contributed by atoms with Crippen LogP contribution >= 0.6 is 0 Å². The molecule has 1 nitrogen and oxygen atoms in total. The first-order chi connectivity index (χ1) is 15.7. The number of rotatable bonds is 22. The molecule has 0 aromatic rings. The van der Waals surface area contributed by atoms with Crippen LogP contribution < -0.4 is 0 Å². The first-order valence-electron chi connectivity index (χ1n) is 11.8. The Morgan fingerprint density at radius 2 is 0.848 bits per heavy atom. The number of hydrogen-bond acceptors (Lipinski definition) is 1. The Kier molecular flexibility index (Phi) is 19.4. The van der Waals surface area contributed by atoms with Gasteiger partial charge in [-0.05, 0) is 0 Å². The monoisotopic (exact) mass is 610 g/mol. The van der Waals surface area contributed by atoms with Crippen molar-refractivity contribution >= 4 is 18.8 Å². The van der Waals surface area contributed by atoms with Crippen molar-refractivity contribution in [2.45, 2.75) is 109 Å². The summed E-state index contributed by atoms with van der Waals surface area (Å²) in [6.07, 6.45) is -7.90. The fourth-order valence-electron chi connectivity index (χ4n) is 3.69. The zero-order chi connectivity index (χ0) is 25.3. The molecule has 0 aliphatic rings. The quantitative estimate of drug-likeness (QED) is 0.0687. The molecule has 6 atom stereocenters. The van der Waals surface area contributed by atoms with Crippen LogP contribution in [0.3, 0.4) is 0 Å². The molecule has 11 heteroatoms. The molecule has 0 aliphatic heterocycles. The van der Waals surface area contributed by atoms with Gasteiger partial charge in [0, 0.05) is 0 Å². The molecule has 0 aromatic heterocycles. The predicted octanol–water partition coefficient (Wildman–Crippen LogP) is 8.03. The van der Waals surface area contributed by atoms with Gasteiger partial charge in [-0.3, -0.25) is 0 Å². The average Bonchev–Trinajstić information content (AvgIpc) is 2.80. The van der Waals surface area contributed by atoms with Crippen LogP contribution in [0.15, 0.2) is 0 Å². The van der Waals surface area contributed by atoms with Gasteiger partial charge in [0.15, 0.2) is 0 Å². The van der Waals surface area contributed by atoms with E-state index in [1.54, 1.807) is 0 Å². The van der Waals surface area contributed by atoms with E-state index in [1.807, 2.05) is 0 Å². The van der Waals surface area contributed by atoms with Crippen molar-refractivity contribution in [3.8, 4) is 0 Å². The third kappa shape index (κ3) is 14.3. The maximum absolute atomic E-state index is 14.3. The maximum atomic E-state index is 14.3. The fraction of sp³-hybridized carbons (Fsp3) is 1.00. The Morgan fingerprint density at radius 1 is 0.515 bits per heavy atom. The summed E-state index contributed by atoms with van der Waals surface area (Å²) in [6, 6.07) is 0. The van der Waals surface area contributed by atoms with Gasteiger partial charge in [-0.25, -0.2) is 0 Å². The molecule has 0 radical (unpaired) electrons. The fourth-order valence-corrected chi connectivity index (χ4v) is 16.1. The van der Waals surface area contributed by atoms with Crippen LogP contribution in [0.5, 0.6) is 0 Å². The number of hydrogen-bond donors (Lipinski definition) is 0. The van der Waals surface area contributed by atoms with Crippen molar-refractivity contribution in [3.63, 3.8) is 0 Å². The standard InChI is InChI=1S/C10H21O.3C4H6F3.Sn/c1-2-3-4-5-6-7-8-9-10-11;3*1-3(6)4(7)2-5;/h2-10H2,1H3;3*3-4H,1-2H2;/q-1;;;;+1. The molecule has 33 heavy (non-hydrogen) atoms. The molecule has 6 unspecified atom stereocenters. The van der Waals surface area contributed by atoms with Gasteiger partial charge < -0.3 is 0 Å². The van der Waals surface area contributed by atoms with E-state index in [0.29, 0.717) is 12.8 Å². The summed E-state index contributed by atoms with van der Waals surface area (Å²) in [5, 5.41) is 0. The summed E-state index contributed by atoms with van der Waals surface area (Å²) in [6.45, 7) is -3.07. The Bertz CT molecular complexity index is 418. The number of halogens is 9. The van der Waals surface area contributed by atoms with Gasteiger partial charge in [0.05, 0.1) is 0 Å². The molecule has 0 rings (SSSR count). The zero-order valence-corrected chi connectivity index (χ0v) is 22.2. The van der Waals surface area contributed by atoms with Gasteiger partial charge in [-0.1, -0.05) is 0 Å². The van der Waals surface area contributed by atoms with Gasteiger partial charge in [-0.2, -0.15) is 0 Å². The molecule has 0 saturated carbocycles. The van der Waals surface area contributed by atoms with Gasteiger partial charge >= 0.3 is 197 Å². The Hall–Kier alpha value is 0.129. The van der Waals surface area contributed by atoms with Crippen LogP contribution in [0, 0.1) is 0 Å². The van der Waals surface area contributed by atoms with Crippen molar-refractivity contribution in [1.29, 1.82) is 0 Å². The number of alkyl halides is 9. The van der Waals surface area contributed by atoms with E-state index in [9.17, 15) is 39.5 Å². The molecular weight excluding hydrogens is 570 g/mol. The molecule has 0 N–H and O–H groups in total.